The van der Waals surface area contributed by atoms with Gasteiger partial charge >= 0.3 is 0 Å². The second-order valence-corrected chi connectivity index (χ2v) is 7.78. The highest BCUT2D eigenvalue weighted by atomic mass is 19.1. The predicted molar refractivity (Wildman–Crippen MR) is 123 cm³/mol. The third kappa shape index (κ3) is 5.05. The molecule has 4 rings (SSSR count). The number of aromatic amines is 1. The highest BCUT2D eigenvalue weighted by Crippen LogP contribution is 2.21. The first-order valence-electron chi connectivity index (χ1n) is 10.7. The summed E-state index contributed by atoms with van der Waals surface area (Å²) in [5, 5.41) is 7.68. The van der Waals surface area contributed by atoms with E-state index in [2.05, 4.69) is 20.6 Å². The summed E-state index contributed by atoms with van der Waals surface area (Å²) in [5.74, 6) is 0.697. The SMILES string of the molecule is CN=C(NCCc1c[nH]c2cc(F)ccc12)NCc1ccc(N2CCCCC2=O)cc1. The second-order valence-electron chi connectivity index (χ2n) is 7.78. The number of H-pyrrole nitrogens is 1. The van der Waals surface area contributed by atoms with Crippen LogP contribution in [0.15, 0.2) is 53.7 Å². The molecule has 1 aromatic heterocycles. The first-order chi connectivity index (χ1) is 15.1. The molecule has 0 radical (unpaired) electrons. The smallest absolute Gasteiger partial charge is 0.226 e. The van der Waals surface area contributed by atoms with Crippen molar-refractivity contribution in [3.05, 3.63) is 65.6 Å². The Morgan fingerprint density at radius 3 is 2.77 bits per heavy atom. The van der Waals surface area contributed by atoms with E-state index in [9.17, 15) is 9.18 Å². The van der Waals surface area contributed by atoms with Gasteiger partial charge in [-0.15, -0.1) is 0 Å². The summed E-state index contributed by atoms with van der Waals surface area (Å²) in [6.45, 7) is 2.15. The number of nitrogens with one attached hydrogen (secondary N) is 3. The van der Waals surface area contributed by atoms with Crippen molar-refractivity contribution in [1.82, 2.24) is 15.6 Å². The Labute approximate surface area is 181 Å². The maximum Gasteiger partial charge on any atom is 0.226 e. The van der Waals surface area contributed by atoms with Crippen LogP contribution in [-0.2, 0) is 17.8 Å². The van der Waals surface area contributed by atoms with Crippen LogP contribution in [0.5, 0.6) is 0 Å². The molecule has 162 valence electrons. The lowest BCUT2D eigenvalue weighted by Crippen LogP contribution is -2.38. The first-order valence-corrected chi connectivity index (χ1v) is 10.7. The molecule has 2 aromatic carbocycles. The van der Waals surface area contributed by atoms with Crippen molar-refractivity contribution in [1.29, 1.82) is 0 Å². The van der Waals surface area contributed by atoms with Crippen molar-refractivity contribution in [3.8, 4) is 0 Å². The van der Waals surface area contributed by atoms with Crippen LogP contribution in [0, 0.1) is 5.82 Å². The molecule has 0 saturated carbocycles. The lowest BCUT2D eigenvalue weighted by atomic mass is 10.1. The number of halogens is 1. The number of amides is 1. The van der Waals surface area contributed by atoms with Gasteiger partial charge in [0.1, 0.15) is 5.82 Å². The Morgan fingerprint density at radius 2 is 2.00 bits per heavy atom. The number of aliphatic imine (C=N–C) groups is 1. The topological polar surface area (TPSA) is 72.5 Å². The minimum absolute atomic E-state index is 0.210. The Balaban J connectivity index is 1.27. The average Bonchev–Trinajstić information content (AvgIpc) is 3.19. The van der Waals surface area contributed by atoms with Crippen molar-refractivity contribution in [2.24, 2.45) is 4.99 Å². The number of rotatable bonds is 6. The summed E-state index contributed by atoms with van der Waals surface area (Å²) in [4.78, 5) is 21.4. The molecule has 3 N–H and O–H groups in total. The summed E-state index contributed by atoms with van der Waals surface area (Å²) in [7, 11) is 1.74. The summed E-state index contributed by atoms with van der Waals surface area (Å²) < 4.78 is 13.3. The largest absolute Gasteiger partial charge is 0.361 e. The van der Waals surface area contributed by atoms with Crippen LogP contribution in [0.4, 0.5) is 10.1 Å². The molecule has 0 bridgehead atoms. The summed E-state index contributed by atoms with van der Waals surface area (Å²) >= 11 is 0. The fourth-order valence-electron chi connectivity index (χ4n) is 3.96. The second kappa shape index (κ2) is 9.64. The monoisotopic (exact) mass is 421 g/mol. The molecule has 1 amide bonds. The van der Waals surface area contributed by atoms with Crippen LogP contribution in [-0.4, -0.2) is 37.0 Å². The number of hydrogen-bond acceptors (Lipinski definition) is 2. The summed E-state index contributed by atoms with van der Waals surface area (Å²) in [5.41, 5.74) is 4.04. The van der Waals surface area contributed by atoms with Gasteiger partial charge in [-0.2, -0.15) is 0 Å². The molecule has 1 fully saturated rings. The van der Waals surface area contributed by atoms with Gasteiger partial charge in [-0.1, -0.05) is 12.1 Å². The van der Waals surface area contributed by atoms with Gasteiger partial charge in [0.2, 0.25) is 5.91 Å². The molecule has 1 aliphatic heterocycles. The zero-order valence-corrected chi connectivity index (χ0v) is 17.7. The van der Waals surface area contributed by atoms with Gasteiger partial charge in [-0.3, -0.25) is 9.79 Å². The lowest BCUT2D eigenvalue weighted by Gasteiger charge is -2.26. The number of benzene rings is 2. The standard InChI is InChI=1S/C24H28FN5O/c1-26-24(27-12-11-18-16-28-22-14-19(25)7-10-21(18)22)29-15-17-5-8-20(9-6-17)30-13-3-2-4-23(30)31/h5-10,14,16,28H,2-4,11-13,15H2,1H3,(H2,26,27,29). The van der Waals surface area contributed by atoms with Crippen molar-refractivity contribution >= 4 is 28.5 Å². The fourth-order valence-corrected chi connectivity index (χ4v) is 3.96. The fraction of sp³-hybridized carbons (Fsp3) is 0.333. The van der Waals surface area contributed by atoms with E-state index in [0.717, 1.165) is 59.5 Å². The van der Waals surface area contributed by atoms with Gasteiger partial charge in [-0.25, -0.2) is 4.39 Å². The average molecular weight is 422 g/mol. The third-order valence-electron chi connectivity index (χ3n) is 5.67. The molecule has 1 aliphatic rings. The lowest BCUT2D eigenvalue weighted by molar-refractivity contribution is -0.119. The molecule has 7 heteroatoms. The van der Waals surface area contributed by atoms with E-state index in [0.29, 0.717) is 19.5 Å². The third-order valence-corrected chi connectivity index (χ3v) is 5.67. The summed E-state index contributed by atoms with van der Waals surface area (Å²) in [6, 6.07) is 12.9. The molecule has 6 nitrogen and oxygen atoms in total. The molecule has 0 unspecified atom stereocenters. The van der Waals surface area contributed by atoms with Crippen LogP contribution >= 0.6 is 0 Å². The van der Waals surface area contributed by atoms with Gasteiger partial charge in [0, 0.05) is 55.9 Å². The quantitative estimate of drug-likeness (QED) is 0.419. The molecule has 2 heterocycles. The van der Waals surface area contributed by atoms with E-state index in [1.165, 1.54) is 12.1 Å². The molecule has 0 aliphatic carbocycles. The van der Waals surface area contributed by atoms with Crippen molar-refractivity contribution < 1.29 is 9.18 Å². The number of carbonyl (C=O) groups excluding carboxylic acids is 1. The van der Waals surface area contributed by atoms with Crippen molar-refractivity contribution in [2.45, 2.75) is 32.2 Å². The molecular formula is C24H28FN5O. The number of anilines is 1. The number of aromatic nitrogens is 1. The van der Waals surface area contributed by atoms with Crippen molar-refractivity contribution in [2.75, 3.05) is 25.0 Å². The van der Waals surface area contributed by atoms with Crippen LogP contribution in [0.1, 0.15) is 30.4 Å². The molecule has 0 spiro atoms. The van der Waals surface area contributed by atoms with Crippen molar-refractivity contribution in [3.63, 3.8) is 0 Å². The Bertz CT molecular complexity index is 1070. The van der Waals surface area contributed by atoms with E-state index in [1.807, 2.05) is 41.4 Å². The molecule has 31 heavy (non-hydrogen) atoms. The van der Waals surface area contributed by atoms with Gasteiger partial charge < -0.3 is 20.5 Å². The predicted octanol–water partition coefficient (Wildman–Crippen LogP) is 3.73. The number of fused-ring (bicyclic) bond motifs is 1. The van der Waals surface area contributed by atoms with E-state index >= 15 is 0 Å². The zero-order chi connectivity index (χ0) is 21.6. The molecular weight excluding hydrogens is 393 g/mol. The number of guanidine groups is 1. The number of piperidine rings is 1. The Morgan fingerprint density at radius 1 is 1.16 bits per heavy atom. The number of hydrogen-bond donors (Lipinski definition) is 3. The number of carbonyl (C=O) groups is 1. The Kier molecular flexibility index (Phi) is 6.50. The van der Waals surface area contributed by atoms with Crippen LogP contribution < -0.4 is 15.5 Å². The van der Waals surface area contributed by atoms with Crippen LogP contribution in [0.2, 0.25) is 0 Å². The van der Waals surface area contributed by atoms with Crippen LogP contribution in [0.3, 0.4) is 0 Å². The minimum atomic E-state index is -0.237. The van der Waals surface area contributed by atoms with Gasteiger partial charge in [0.25, 0.3) is 0 Å². The van der Waals surface area contributed by atoms with Gasteiger partial charge in [0.05, 0.1) is 0 Å². The molecule has 3 aromatic rings. The summed E-state index contributed by atoms with van der Waals surface area (Å²) in [6.07, 6.45) is 5.41. The number of nitrogens with zero attached hydrogens (tertiary/aromatic N) is 2. The maximum absolute atomic E-state index is 13.3. The van der Waals surface area contributed by atoms with Gasteiger partial charge in [0.15, 0.2) is 5.96 Å². The highest BCUT2D eigenvalue weighted by molar-refractivity contribution is 5.94. The van der Waals surface area contributed by atoms with E-state index in [1.54, 1.807) is 7.05 Å². The first kappa shape index (κ1) is 20.9. The van der Waals surface area contributed by atoms with E-state index < -0.39 is 0 Å². The molecule has 1 saturated heterocycles. The van der Waals surface area contributed by atoms with Crippen LogP contribution in [0.25, 0.3) is 10.9 Å². The van der Waals surface area contributed by atoms with E-state index in [-0.39, 0.29) is 11.7 Å². The van der Waals surface area contributed by atoms with E-state index in [4.69, 9.17) is 0 Å². The van der Waals surface area contributed by atoms with Gasteiger partial charge in [-0.05, 0) is 60.7 Å². The normalized spacial score (nSPS) is 14.8. The maximum atomic E-state index is 13.3. The highest BCUT2D eigenvalue weighted by Gasteiger charge is 2.19. The zero-order valence-electron chi connectivity index (χ0n) is 17.7. The molecule has 0 atom stereocenters. The minimum Gasteiger partial charge on any atom is -0.361 e. The Hall–Kier alpha value is -3.35.